The van der Waals surface area contributed by atoms with Gasteiger partial charge in [-0.1, -0.05) is 35.3 Å². The number of anilines is 1. The minimum atomic E-state index is -1.37. The van der Waals surface area contributed by atoms with Crippen molar-refractivity contribution in [1.29, 1.82) is 0 Å². The Hall–Kier alpha value is -2.44. The van der Waals surface area contributed by atoms with Gasteiger partial charge in [-0.05, 0) is 48.9 Å². The monoisotopic (exact) mass is 371 g/mol. The maximum absolute atomic E-state index is 10.3. The van der Waals surface area contributed by atoms with E-state index < -0.39 is 17.6 Å². The fourth-order valence-corrected chi connectivity index (χ4v) is 1.76. The maximum Gasteiger partial charge on any atom is 0.409 e. The second-order valence-corrected chi connectivity index (χ2v) is 5.36. The van der Waals surface area contributed by atoms with E-state index in [0.717, 1.165) is 5.56 Å². The average molecular weight is 372 g/mol. The molecule has 2 aromatic rings. The van der Waals surface area contributed by atoms with E-state index in [1.165, 1.54) is 0 Å². The third kappa shape index (κ3) is 7.71. The largest absolute Gasteiger partial charge is 0.478 e. The van der Waals surface area contributed by atoms with Crippen LogP contribution in [0, 0.1) is 6.92 Å². The van der Waals surface area contributed by atoms with Crippen LogP contribution in [0.1, 0.15) is 5.56 Å². The van der Waals surface area contributed by atoms with E-state index in [2.05, 4.69) is 5.32 Å². The molecule has 8 heteroatoms. The lowest BCUT2D eigenvalue weighted by Gasteiger charge is -2.07. The zero-order valence-electron chi connectivity index (χ0n) is 12.6. The number of hydrogen-bond donors (Lipinski definition) is 3. The van der Waals surface area contributed by atoms with Crippen LogP contribution < -0.4 is 10.1 Å². The molecule has 3 N–H and O–H groups in total. The predicted octanol–water partition coefficient (Wildman–Crippen LogP) is 4.45. The van der Waals surface area contributed by atoms with E-state index in [1.54, 1.807) is 42.5 Å². The molecule has 1 amide bonds. The van der Waals surface area contributed by atoms with E-state index in [9.17, 15) is 9.59 Å². The number of nitrogens with one attached hydrogen (secondary N) is 1. The number of carboxylic acid groups (broad SMARTS) is 2. The van der Waals surface area contributed by atoms with Crippen molar-refractivity contribution in [3.8, 4) is 5.75 Å². The van der Waals surface area contributed by atoms with Crippen molar-refractivity contribution in [3.63, 3.8) is 0 Å². The molecule has 0 saturated heterocycles. The molecule has 24 heavy (non-hydrogen) atoms. The van der Waals surface area contributed by atoms with Crippen molar-refractivity contribution in [2.45, 2.75) is 12.5 Å². The third-order valence-electron chi connectivity index (χ3n) is 2.52. The standard InChI is InChI=1S/C8H6Cl2O3.C8H9NO2/c9-5-1-3-6(4-2-5)13-7(10)8(11)12;1-6-3-2-4-7(5-6)9-8(10)11/h1-4,7H,(H,11,12);2-5,9H,1H3,(H,10,11). The highest BCUT2D eigenvalue weighted by atomic mass is 35.5. The summed E-state index contributed by atoms with van der Waals surface area (Å²) in [4.78, 5) is 20.5. The SMILES string of the molecule is Cc1cccc(NC(=O)O)c1.O=C(O)C(Cl)Oc1ccc(Cl)cc1. The van der Waals surface area contributed by atoms with Gasteiger partial charge in [0, 0.05) is 10.7 Å². The van der Waals surface area contributed by atoms with Gasteiger partial charge in [-0.25, -0.2) is 9.59 Å². The minimum Gasteiger partial charge on any atom is -0.478 e. The van der Waals surface area contributed by atoms with Gasteiger partial charge in [0.1, 0.15) is 5.75 Å². The van der Waals surface area contributed by atoms with Gasteiger partial charge in [-0.3, -0.25) is 5.32 Å². The quantitative estimate of drug-likeness (QED) is 0.689. The smallest absolute Gasteiger partial charge is 0.409 e. The zero-order chi connectivity index (χ0) is 18.1. The van der Waals surface area contributed by atoms with Crippen molar-refractivity contribution in [2.24, 2.45) is 0 Å². The molecule has 0 bridgehead atoms. The minimum absolute atomic E-state index is 0.367. The third-order valence-corrected chi connectivity index (χ3v) is 3.04. The molecule has 0 aliphatic heterocycles. The molecule has 128 valence electrons. The van der Waals surface area contributed by atoms with Crippen LogP contribution in [0.2, 0.25) is 5.02 Å². The van der Waals surface area contributed by atoms with Crippen molar-refractivity contribution in [1.82, 2.24) is 0 Å². The van der Waals surface area contributed by atoms with E-state index in [-0.39, 0.29) is 0 Å². The first-order valence-corrected chi connectivity index (χ1v) is 7.45. The van der Waals surface area contributed by atoms with Crippen molar-refractivity contribution < 1.29 is 24.5 Å². The normalized spacial score (nSPS) is 10.8. The number of carbonyl (C=O) groups is 2. The summed E-state index contributed by atoms with van der Waals surface area (Å²) in [5.74, 6) is -0.858. The summed E-state index contributed by atoms with van der Waals surface area (Å²) in [6, 6.07) is 13.5. The summed E-state index contributed by atoms with van der Waals surface area (Å²) in [5.41, 5.74) is 0.273. The zero-order valence-corrected chi connectivity index (χ0v) is 14.1. The fourth-order valence-electron chi connectivity index (χ4n) is 1.53. The summed E-state index contributed by atoms with van der Waals surface area (Å²) in [5, 5.41) is 19.6. The Bertz CT molecular complexity index is 691. The Morgan fingerprint density at radius 1 is 1.12 bits per heavy atom. The number of aryl methyl sites for hydroxylation is 1. The Labute approximate surface area is 148 Å². The highest BCUT2D eigenvalue weighted by molar-refractivity contribution is 6.30. The second kappa shape index (κ2) is 9.64. The molecule has 0 aromatic heterocycles. The Balaban J connectivity index is 0.000000243. The molecule has 0 aliphatic carbocycles. The number of hydrogen-bond acceptors (Lipinski definition) is 3. The molecule has 0 heterocycles. The van der Waals surface area contributed by atoms with Gasteiger partial charge in [0.25, 0.3) is 5.56 Å². The van der Waals surface area contributed by atoms with Crippen LogP contribution in [-0.4, -0.2) is 27.8 Å². The molecule has 0 saturated carbocycles. The number of ether oxygens (including phenoxy) is 1. The first-order valence-electron chi connectivity index (χ1n) is 6.63. The molecule has 0 radical (unpaired) electrons. The first kappa shape index (κ1) is 19.6. The molecule has 0 spiro atoms. The summed E-state index contributed by atoms with van der Waals surface area (Å²) >= 11 is 10.9. The number of alkyl halides is 1. The molecule has 0 aliphatic rings. The topological polar surface area (TPSA) is 95.9 Å². The van der Waals surface area contributed by atoms with Crippen LogP contribution in [0.25, 0.3) is 0 Å². The van der Waals surface area contributed by atoms with E-state index in [0.29, 0.717) is 16.5 Å². The van der Waals surface area contributed by atoms with Gasteiger partial charge in [0.15, 0.2) is 0 Å². The number of aliphatic carboxylic acids is 1. The number of rotatable bonds is 4. The molecule has 0 fully saturated rings. The number of benzene rings is 2. The number of amides is 1. The molecular weight excluding hydrogens is 357 g/mol. The summed E-state index contributed by atoms with van der Waals surface area (Å²) in [6.07, 6.45) is -1.03. The predicted molar refractivity (Wildman–Crippen MR) is 92.2 cm³/mol. The Morgan fingerprint density at radius 3 is 2.25 bits per heavy atom. The molecular formula is C16H15Cl2NO5. The van der Waals surface area contributed by atoms with Crippen LogP contribution in [0.3, 0.4) is 0 Å². The fraction of sp³-hybridized carbons (Fsp3) is 0.125. The summed E-state index contributed by atoms with van der Waals surface area (Å²) in [6.45, 7) is 1.91. The molecule has 2 aromatic carbocycles. The van der Waals surface area contributed by atoms with Crippen LogP contribution in [0.5, 0.6) is 5.75 Å². The lowest BCUT2D eigenvalue weighted by Crippen LogP contribution is -2.20. The molecule has 6 nitrogen and oxygen atoms in total. The second-order valence-electron chi connectivity index (χ2n) is 4.53. The summed E-state index contributed by atoms with van der Waals surface area (Å²) < 4.78 is 4.84. The highest BCUT2D eigenvalue weighted by Gasteiger charge is 2.14. The average Bonchev–Trinajstić information content (AvgIpc) is 2.49. The van der Waals surface area contributed by atoms with Crippen LogP contribution >= 0.6 is 23.2 Å². The van der Waals surface area contributed by atoms with Gasteiger partial charge >= 0.3 is 12.1 Å². The maximum atomic E-state index is 10.3. The van der Waals surface area contributed by atoms with Crippen LogP contribution in [-0.2, 0) is 4.79 Å². The van der Waals surface area contributed by atoms with Crippen LogP contribution in [0.15, 0.2) is 48.5 Å². The van der Waals surface area contributed by atoms with Crippen molar-refractivity contribution in [3.05, 3.63) is 59.1 Å². The first-order chi connectivity index (χ1) is 11.3. The molecule has 1 unspecified atom stereocenters. The lowest BCUT2D eigenvalue weighted by molar-refractivity contribution is -0.141. The molecule has 1 atom stereocenters. The van der Waals surface area contributed by atoms with E-state index in [4.69, 9.17) is 38.2 Å². The van der Waals surface area contributed by atoms with Gasteiger partial charge in [-0.2, -0.15) is 0 Å². The van der Waals surface area contributed by atoms with Gasteiger partial charge in [0.05, 0.1) is 0 Å². The summed E-state index contributed by atoms with van der Waals surface area (Å²) in [7, 11) is 0. The van der Waals surface area contributed by atoms with Crippen LogP contribution in [0.4, 0.5) is 10.5 Å². The van der Waals surface area contributed by atoms with Gasteiger partial charge in [0.2, 0.25) is 0 Å². The van der Waals surface area contributed by atoms with Gasteiger partial charge < -0.3 is 14.9 Å². The highest BCUT2D eigenvalue weighted by Crippen LogP contribution is 2.17. The van der Waals surface area contributed by atoms with E-state index >= 15 is 0 Å². The number of halogens is 2. The van der Waals surface area contributed by atoms with Crippen molar-refractivity contribution in [2.75, 3.05) is 5.32 Å². The van der Waals surface area contributed by atoms with Crippen molar-refractivity contribution >= 4 is 41.0 Å². The molecule has 2 rings (SSSR count). The van der Waals surface area contributed by atoms with E-state index in [1.807, 2.05) is 13.0 Å². The number of carboxylic acids is 1. The Morgan fingerprint density at radius 2 is 1.75 bits per heavy atom. The Kier molecular flexibility index (Phi) is 7.88. The van der Waals surface area contributed by atoms with Gasteiger partial charge in [-0.15, -0.1) is 0 Å². The lowest BCUT2D eigenvalue weighted by atomic mass is 10.2.